The van der Waals surface area contributed by atoms with E-state index in [-0.39, 0.29) is 12.7 Å². The monoisotopic (exact) mass is 410 g/mol. The van der Waals surface area contributed by atoms with Gasteiger partial charge >= 0.3 is 15.6 Å². The van der Waals surface area contributed by atoms with E-state index in [9.17, 15) is 14.2 Å². The SMILES string of the molecule is CCCCCOC(CCCCC)C(O)CO.O=P(O)(O)OP(=O)(O)O. The van der Waals surface area contributed by atoms with E-state index in [0.717, 1.165) is 38.5 Å². The number of unbranched alkanes of at least 4 members (excludes halogenated alkanes) is 4. The van der Waals surface area contributed by atoms with Crippen LogP contribution in [0.1, 0.15) is 58.8 Å². The second kappa shape index (κ2) is 15.2. The minimum absolute atomic E-state index is 0.187. The summed E-state index contributed by atoms with van der Waals surface area (Å²) >= 11 is 0. The number of aliphatic hydroxyl groups excluding tert-OH is 2. The molecule has 6 N–H and O–H groups in total. The second-order valence-electron chi connectivity index (χ2n) is 5.42. The van der Waals surface area contributed by atoms with Crippen molar-refractivity contribution < 1.29 is 48.0 Å². The molecule has 154 valence electrons. The van der Waals surface area contributed by atoms with E-state index >= 15 is 0 Å². The molecular weight excluding hydrogens is 378 g/mol. The van der Waals surface area contributed by atoms with Crippen LogP contribution in [0, 0.1) is 0 Å². The Labute approximate surface area is 148 Å². The largest absolute Gasteiger partial charge is 0.478 e. The minimum Gasteiger partial charge on any atom is -0.394 e. The van der Waals surface area contributed by atoms with Gasteiger partial charge in [0.25, 0.3) is 0 Å². The number of hydrogen-bond donors (Lipinski definition) is 6. The molecule has 0 aliphatic carbocycles. The van der Waals surface area contributed by atoms with Gasteiger partial charge in [-0.3, -0.25) is 0 Å². The number of ether oxygens (including phenoxy) is 1. The first-order chi connectivity index (χ1) is 11.5. The van der Waals surface area contributed by atoms with E-state index in [4.69, 9.17) is 29.4 Å². The highest BCUT2D eigenvalue weighted by atomic mass is 31.3. The van der Waals surface area contributed by atoms with Crippen molar-refractivity contribution in [2.24, 2.45) is 0 Å². The molecule has 0 aromatic heterocycles. The Hall–Kier alpha value is 0.140. The molecule has 0 bridgehead atoms. The normalized spacial score (nSPS) is 14.6. The molecule has 12 heteroatoms. The molecule has 0 fully saturated rings. The second-order valence-corrected chi connectivity index (χ2v) is 8.04. The fourth-order valence-electron chi connectivity index (χ4n) is 1.83. The molecule has 0 aliphatic rings. The van der Waals surface area contributed by atoms with Crippen molar-refractivity contribution in [2.75, 3.05) is 13.2 Å². The van der Waals surface area contributed by atoms with Crippen LogP contribution >= 0.6 is 15.6 Å². The zero-order chi connectivity index (χ0) is 19.9. The first-order valence-corrected chi connectivity index (χ1v) is 11.3. The van der Waals surface area contributed by atoms with Gasteiger partial charge in [0.2, 0.25) is 0 Å². The van der Waals surface area contributed by atoms with E-state index in [2.05, 4.69) is 18.2 Å². The van der Waals surface area contributed by atoms with Crippen molar-refractivity contribution in [1.29, 1.82) is 0 Å². The Bertz CT molecular complexity index is 374. The average molecular weight is 410 g/mol. The summed E-state index contributed by atoms with van der Waals surface area (Å²) in [6, 6.07) is 0. The molecule has 0 aliphatic heterocycles. The molecule has 25 heavy (non-hydrogen) atoms. The van der Waals surface area contributed by atoms with Crippen molar-refractivity contribution in [1.82, 2.24) is 0 Å². The van der Waals surface area contributed by atoms with Crippen LogP contribution in [0.4, 0.5) is 0 Å². The van der Waals surface area contributed by atoms with Gasteiger partial charge in [0.15, 0.2) is 0 Å². The Balaban J connectivity index is 0. The molecule has 10 nitrogen and oxygen atoms in total. The van der Waals surface area contributed by atoms with E-state index in [0.29, 0.717) is 6.61 Å². The molecule has 0 rings (SSSR count). The third-order valence-corrected chi connectivity index (χ3v) is 4.70. The first-order valence-electron chi connectivity index (χ1n) is 8.19. The standard InChI is InChI=1S/C13H28O3.H4O7P2/c1-3-5-7-9-13(12(15)11-14)16-10-8-6-4-2;1-8(2,3)7-9(4,5)6/h12-15H,3-11H2,1-2H3;(H2,1,2,3)(H2,4,5,6). The molecule has 0 aromatic carbocycles. The van der Waals surface area contributed by atoms with E-state index in [1.807, 2.05) is 0 Å². The molecule has 2 atom stereocenters. The molecule has 2 unspecified atom stereocenters. The first kappa shape index (κ1) is 27.4. The van der Waals surface area contributed by atoms with Gasteiger partial charge in [-0.05, 0) is 12.8 Å². The molecule has 0 radical (unpaired) electrons. The molecule has 0 heterocycles. The van der Waals surface area contributed by atoms with Gasteiger partial charge in [0.1, 0.15) is 6.10 Å². The summed E-state index contributed by atoms with van der Waals surface area (Å²) in [7, 11) is -10.1. The molecule has 0 saturated heterocycles. The van der Waals surface area contributed by atoms with Crippen LogP contribution in [-0.2, 0) is 18.2 Å². The Kier molecular flexibility index (Phi) is 16.7. The third kappa shape index (κ3) is 22.1. The maximum atomic E-state index is 9.63. The zero-order valence-corrected chi connectivity index (χ0v) is 16.5. The van der Waals surface area contributed by atoms with Gasteiger partial charge in [0, 0.05) is 6.61 Å². The fourth-order valence-corrected chi connectivity index (χ4v) is 2.93. The van der Waals surface area contributed by atoms with Gasteiger partial charge in [-0.25, -0.2) is 9.13 Å². The third-order valence-electron chi connectivity index (χ3n) is 3.00. The van der Waals surface area contributed by atoms with Crippen LogP contribution in [0.2, 0.25) is 0 Å². The zero-order valence-electron chi connectivity index (χ0n) is 14.7. The van der Waals surface area contributed by atoms with Crippen molar-refractivity contribution in [3.8, 4) is 0 Å². The van der Waals surface area contributed by atoms with Crippen LogP contribution < -0.4 is 0 Å². The van der Waals surface area contributed by atoms with Gasteiger partial charge < -0.3 is 34.5 Å². The van der Waals surface area contributed by atoms with E-state index in [1.165, 1.54) is 6.42 Å². The summed E-state index contributed by atoms with van der Waals surface area (Å²) < 4.78 is 27.8. The number of hydrogen-bond acceptors (Lipinski definition) is 6. The lowest BCUT2D eigenvalue weighted by atomic mass is 10.1. The highest BCUT2D eigenvalue weighted by molar-refractivity contribution is 7.60. The molecule has 0 saturated carbocycles. The maximum Gasteiger partial charge on any atom is 0.478 e. The molecule has 0 spiro atoms. The Morgan fingerprint density at radius 3 is 1.72 bits per heavy atom. The lowest BCUT2D eigenvalue weighted by Gasteiger charge is -2.22. The highest BCUT2D eigenvalue weighted by Gasteiger charge is 2.27. The predicted octanol–water partition coefficient (Wildman–Crippen LogP) is 1.68. The van der Waals surface area contributed by atoms with Crippen molar-refractivity contribution in [3.63, 3.8) is 0 Å². The number of phosphoric acid groups is 2. The topological polar surface area (TPSA) is 174 Å². The summed E-state index contributed by atoms with van der Waals surface area (Å²) in [4.78, 5) is 31.0. The lowest BCUT2D eigenvalue weighted by Crippen LogP contribution is -2.32. The van der Waals surface area contributed by atoms with Gasteiger partial charge in [-0.1, -0.05) is 46.0 Å². The Morgan fingerprint density at radius 1 is 0.880 bits per heavy atom. The highest BCUT2D eigenvalue weighted by Crippen LogP contribution is 2.53. The number of rotatable bonds is 13. The number of aliphatic hydroxyl groups is 2. The van der Waals surface area contributed by atoms with Crippen LogP contribution in [-0.4, -0.2) is 55.2 Å². The minimum atomic E-state index is -5.05. The van der Waals surface area contributed by atoms with Gasteiger partial charge in [-0.15, -0.1) is 0 Å². The smallest absolute Gasteiger partial charge is 0.394 e. The fraction of sp³-hybridized carbons (Fsp3) is 1.00. The summed E-state index contributed by atoms with van der Waals surface area (Å²) in [6.07, 6.45) is 6.70. The van der Waals surface area contributed by atoms with Crippen molar-refractivity contribution in [2.45, 2.75) is 71.0 Å². The summed E-state index contributed by atoms with van der Waals surface area (Å²) in [6.45, 7) is 4.80. The summed E-state index contributed by atoms with van der Waals surface area (Å²) in [5.41, 5.74) is 0. The predicted molar refractivity (Wildman–Crippen MR) is 91.7 cm³/mol. The van der Waals surface area contributed by atoms with E-state index < -0.39 is 21.7 Å². The van der Waals surface area contributed by atoms with Gasteiger partial charge in [-0.2, -0.15) is 4.31 Å². The van der Waals surface area contributed by atoms with Crippen LogP contribution in [0.5, 0.6) is 0 Å². The maximum absolute atomic E-state index is 9.63. The molecular formula is C13H32O10P2. The quantitative estimate of drug-likeness (QED) is 0.194. The van der Waals surface area contributed by atoms with Crippen LogP contribution in [0.25, 0.3) is 0 Å². The summed E-state index contributed by atoms with van der Waals surface area (Å²) in [5.74, 6) is 0. The average Bonchev–Trinajstić information content (AvgIpc) is 2.46. The Morgan fingerprint density at radius 2 is 1.36 bits per heavy atom. The molecule has 0 aromatic rings. The van der Waals surface area contributed by atoms with Crippen molar-refractivity contribution in [3.05, 3.63) is 0 Å². The van der Waals surface area contributed by atoms with Crippen LogP contribution in [0.3, 0.4) is 0 Å². The van der Waals surface area contributed by atoms with Gasteiger partial charge in [0.05, 0.1) is 12.7 Å². The molecule has 0 amide bonds. The van der Waals surface area contributed by atoms with Crippen molar-refractivity contribution >= 4 is 15.6 Å². The summed E-state index contributed by atoms with van der Waals surface area (Å²) in [5, 5.41) is 18.5. The van der Waals surface area contributed by atoms with E-state index in [1.54, 1.807) is 0 Å². The lowest BCUT2D eigenvalue weighted by molar-refractivity contribution is -0.0629. The van der Waals surface area contributed by atoms with Crippen LogP contribution in [0.15, 0.2) is 0 Å².